The molecule has 1 N–H and O–H groups in total. The fourth-order valence-electron chi connectivity index (χ4n) is 4.54. The molecule has 0 spiro atoms. The molecule has 4 atom stereocenters. The highest BCUT2D eigenvalue weighted by Gasteiger charge is 2.58. The summed E-state index contributed by atoms with van der Waals surface area (Å²) in [7, 11) is 6.35. The number of alkyl carbamates (subject to hydrolysis) is 1. The number of rotatable bonds is 3. The molecule has 2 aliphatic rings. The molecule has 0 saturated carbocycles. The van der Waals surface area contributed by atoms with Gasteiger partial charge in [0.15, 0.2) is 0 Å². The maximum atomic E-state index is 13.2. The second-order valence-corrected chi connectivity index (χ2v) is 9.18. The maximum Gasteiger partial charge on any atom is 0.407 e. The molecule has 3 rings (SSSR count). The first-order valence-corrected chi connectivity index (χ1v) is 11.5. The van der Waals surface area contributed by atoms with E-state index in [0.29, 0.717) is 19.3 Å². The number of anilines is 1. The SMILES string of the molecule is COC(=O)NC1C(OC)/C=C/C=C(\C)Cc2cc(OC)c(C)c(c2)N(C)C(=O)CC[C@]2(C)OC12. The molecule has 1 aromatic rings. The lowest BCUT2D eigenvalue weighted by atomic mass is 9.93. The highest BCUT2D eigenvalue weighted by molar-refractivity contribution is 5.94. The van der Waals surface area contributed by atoms with Crippen LogP contribution in [0.5, 0.6) is 5.75 Å². The van der Waals surface area contributed by atoms with Crippen LogP contribution in [0.15, 0.2) is 35.9 Å². The minimum absolute atomic E-state index is 0.0159. The third-order valence-electron chi connectivity index (χ3n) is 6.71. The third-order valence-corrected chi connectivity index (χ3v) is 6.71. The number of amides is 2. The van der Waals surface area contributed by atoms with Crippen molar-refractivity contribution in [3.63, 3.8) is 0 Å². The second-order valence-electron chi connectivity index (χ2n) is 9.18. The predicted octanol–water partition coefficient (Wildman–Crippen LogP) is 3.70. The lowest BCUT2D eigenvalue weighted by Crippen LogP contribution is -2.48. The lowest BCUT2D eigenvalue weighted by Gasteiger charge is -2.25. The third kappa shape index (κ3) is 5.62. The number of nitrogens with zero attached hydrogens (tertiary/aromatic N) is 1. The van der Waals surface area contributed by atoms with Crippen LogP contribution >= 0.6 is 0 Å². The quantitative estimate of drug-likeness (QED) is 0.675. The Morgan fingerprint density at radius 3 is 2.62 bits per heavy atom. The van der Waals surface area contributed by atoms with Gasteiger partial charge in [-0.15, -0.1) is 0 Å². The topological polar surface area (TPSA) is 89.6 Å². The molecular formula is C26H36N2O6. The van der Waals surface area contributed by atoms with Crippen molar-refractivity contribution in [1.82, 2.24) is 5.32 Å². The van der Waals surface area contributed by atoms with Gasteiger partial charge in [-0.3, -0.25) is 4.79 Å². The zero-order valence-corrected chi connectivity index (χ0v) is 21.1. The number of ether oxygens (including phenoxy) is 4. The minimum Gasteiger partial charge on any atom is -0.496 e. The second kappa shape index (κ2) is 10.6. The van der Waals surface area contributed by atoms with Crippen molar-refractivity contribution in [2.45, 2.75) is 63.9 Å². The number of benzene rings is 1. The molecule has 1 saturated heterocycles. The number of carbonyl (C=O) groups excluding carboxylic acids is 2. The average Bonchev–Trinajstić information content (AvgIpc) is 3.49. The van der Waals surface area contributed by atoms with Crippen molar-refractivity contribution < 1.29 is 28.5 Å². The van der Waals surface area contributed by atoms with E-state index in [1.54, 1.807) is 26.2 Å². The van der Waals surface area contributed by atoms with Gasteiger partial charge in [0.1, 0.15) is 11.9 Å². The summed E-state index contributed by atoms with van der Waals surface area (Å²) < 4.78 is 22.1. The molecule has 2 aliphatic heterocycles. The lowest BCUT2D eigenvalue weighted by molar-refractivity contribution is -0.118. The zero-order chi connectivity index (χ0) is 25.0. The fourth-order valence-corrected chi connectivity index (χ4v) is 4.54. The fraction of sp³-hybridized carbons (Fsp3) is 0.538. The number of allylic oxidation sites excluding steroid dienone is 3. The number of epoxide rings is 1. The van der Waals surface area contributed by atoms with Crippen LogP contribution in [0.2, 0.25) is 0 Å². The smallest absolute Gasteiger partial charge is 0.407 e. The van der Waals surface area contributed by atoms with Gasteiger partial charge < -0.3 is 29.2 Å². The number of fused-ring (bicyclic) bond motifs is 3. The molecule has 186 valence electrons. The number of hydrogen-bond acceptors (Lipinski definition) is 6. The van der Waals surface area contributed by atoms with E-state index >= 15 is 0 Å². The molecule has 2 bridgehead atoms. The average molecular weight is 473 g/mol. The molecule has 8 nitrogen and oxygen atoms in total. The first-order valence-electron chi connectivity index (χ1n) is 11.5. The Kier molecular flexibility index (Phi) is 8.05. The van der Waals surface area contributed by atoms with E-state index in [4.69, 9.17) is 18.9 Å². The van der Waals surface area contributed by atoms with E-state index < -0.39 is 23.8 Å². The van der Waals surface area contributed by atoms with Crippen LogP contribution in [0.25, 0.3) is 0 Å². The summed E-state index contributed by atoms with van der Waals surface area (Å²) in [5, 5.41) is 2.85. The van der Waals surface area contributed by atoms with Crippen LogP contribution in [0.1, 0.15) is 37.8 Å². The van der Waals surface area contributed by atoms with Crippen molar-refractivity contribution in [1.29, 1.82) is 0 Å². The normalized spacial score (nSPS) is 30.0. The van der Waals surface area contributed by atoms with E-state index in [1.807, 2.05) is 45.1 Å². The van der Waals surface area contributed by atoms with Crippen LogP contribution in [0.4, 0.5) is 10.5 Å². The van der Waals surface area contributed by atoms with E-state index in [0.717, 1.165) is 28.1 Å². The molecule has 0 aromatic heterocycles. The van der Waals surface area contributed by atoms with Gasteiger partial charge in [0.25, 0.3) is 0 Å². The molecule has 0 aliphatic carbocycles. The summed E-state index contributed by atoms with van der Waals surface area (Å²) in [5.74, 6) is 0.739. The van der Waals surface area contributed by atoms with E-state index in [2.05, 4.69) is 11.4 Å². The summed E-state index contributed by atoms with van der Waals surface area (Å²) in [6, 6.07) is 3.60. The molecule has 8 heteroatoms. The summed E-state index contributed by atoms with van der Waals surface area (Å²) >= 11 is 0. The summed E-state index contributed by atoms with van der Waals surface area (Å²) in [4.78, 5) is 26.9. The van der Waals surface area contributed by atoms with Gasteiger partial charge in [-0.2, -0.15) is 0 Å². The van der Waals surface area contributed by atoms with Crippen LogP contribution in [-0.4, -0.2) is 64.2 Å². The number of carbonyl (C=O) groups is 2. The maximum absolute atomic E-state index is 13.2. The first kappa shape index (κ1) is 25.8. The van der Waals surface area contributed by atoms with E-state index in [9.17, 15) is 9.59 Å². The molecule has 1 fully saturated rings. The predicted molar refractivity (Wildman–Crippen MR) is 130 cm³/mol. The van der Waals surface area contributed by atoms with Gasteiger partial charge in [0.2, 0.25) is 5.91 Å². The van der Waals surface area contributed by atoms with E-state index in [1.165, 1.54) is 7.11 Å². The van der Waals surface area contributed by atoms with Gasteiger partial charge in [0.05, 0.1) is 37.7 Å². The highest BCUT2D eigenvalue weighted by atomic mass is 16.6. The van der Waals surface area contributed by atoms with Gasteiger partial charge in [0, 0.05) is 26.1 Å². The van der Waals surface area contributed by atoms with Crippen molar-refractivity contribution in [3.8, 4) is 5.75 Å². The molecule has 34 heavy (non-hydrogen) atoms. The Morgan fingerprint density at radius 2 is 1.97 bits per heavy atom. The Labute approximate surface area is 201 Å². The van der Waals surface area contributed by atoms with Gasteiger partial charge in [-0.05, 0) is 51.3 Å². The Balaban J connectivity index is 2.00. The summed E-state index contributed by atoms with van der Waals surface area (Å²) in [5.41, 5.74) is 3.36. The van der Waals surface area contributed by atoms with Crippen LogP contribution < -0.4 is 15.0 Å². The Morgan fingerprint density at radius 1 is 1.24 bits per heavy atom. The number of methoxy groups -OCH3 is 3. The standard InChI is InChI=1S/C26H36N2O6/c1-16-9-8-10-20(31-5)23(27-25(30)33-7)24-26(3,34-24)12-11-22(29)28(4)19-14-18(13-16)15-21(32-6)17(19)2/h8-10,14-15,20,23-24H,11-13H2,1-7H3,(H,27,30)/b10-8+,16-9+/t20?,23?,24?,26-/m0/s1. The number of nitrogens with one attached hydrogen (secondary N) is 1. The monoisotopic (exact) mass is 472 g/mol. The van der Waals surface area contributed by atoms with Crippen molar-refractivity contribution in [3.05, 3.63) is 47.1 Å². The molecule has 1 aromatic carbocycles. The minimum atomic E-state index is -0.565. The number of hydrogen-bond donors (Lipinski definition) is 1. The van der Waals surface area contributed by atoms with Crippen LogP contribution in [-0.2, 0) is 25.4 Å². The van der Waals surface area contributed by atoms with Crippen molar-refractivity contribution in [2.24, 2.45) is 0 Å². The van der Waals surface area contributed by atoms with Crippen molar-refractivity contribution in [2.75, 3.05) is 33.3 Å². The van der Waals surface area contributed by atoms with Crippen molar-refractivity contribution >= 4 is 17.7 Å². The van der Waals surface area contributed by atoms with Gasteiger partial charge >= 0.3 is 6.09 Å². The van der Waals surface area contributed by atoms with Crippen LogP contribution in [0.3, 0.4) is 0 Å². The van der Waals surface area contributed by atoms with Gasteiger partial charge in [-0.25, -0.2) is 4.79 Å². The molecule has 0 radical (unpaired) electrons. The summed E-state index contributed by atoms with van der Waals surface area (Å²) in [6.07, 6.45) is 6.04. The first-order chi connectivity index (χ1) is 16.1. The Bertz CT molecular complexity index is 988. The molecule has 2 heterocycles. The molecule has 2 amide bonds. The Hall–Kier alpha value is -2.84. The van der Waals surface area contributed by atoms with Crippen LogP contribution in [0, 0.1) is 6.92 Å². The highest BCUT2D eigenvalue weighted by Crippen LogP contribution is 2.44. The summed E-state index contributed by atoms with van der Waals surface area (Å²) in [6.45, 7) is 5.96. The largest absolute Gasteiger partial charge is 0.496 e. The van der Waals surface area contributed by atoms with E-state index in [-0.39, 0.29) is 12.0 Å². The van der Waals surface area contributed by atoms with Gasteiger partial charge in [-0.1, -0.05) is 23.8 Å². The molecular weight excluding hydrogens is 436 g/mol. The zero-order valence-electron chi connectivity index (χ0n) is 21.1. The molecule has 3 unspecified atom stereocenters.